The third-order valence-electron chi connectivity index (χ3n) is 5.27. The highest BCUT2D eigenvalue weighted by Crippen LogP contribution is 2.32. The molecule has 0 aliphatic carbocycles. The molecule has 2 unspecified atom stereocenters. The van der Waals surface area contributed by atoms with Gasteiger partial charge in [-0.05, 0) is 48.8 Å². The van der Waals surface area contributed by atoms with Crippen LogP contribution in [0.5, 0.6) is 0 Å². The summed E-state index contributed by atoms with van der Waals surface area (Å²) in [5.41, 5.74) is 1.38. The summed E-state index contributed by atoms with van der Waals surface area (Å²) in [5.74, 6) is 0.685. The summed E-state index contributed by atoms with van der Waals surface area (Å²) in [6, 6.07) is 11.3. The van der Waals surface area contributed by atoms with Gasteiger partial charge in [-0.1, -0.05) is 34.8 Å². The number of hydrogen-bond acceptors (Lipinski definition) is 5. The van der Waals surface area contributed by atoms with Crippen molar-refractivity contribution < 1.29 is 4.79 Å². The molecule has 2 aliphatic rings. The first-order chi connectivity index (χ1) is 11.8. The van der Waals surface area contributed by atoms with Crippen LogP contribution in [0.3, 0.4) is 0 Å². The van der Waals surface area contributed by atoms with Crippen LogP contribution in [-0.4, -0.2) is 51.0 Å². The topological polar surface area (TPSA) is 49.3 Å². The van der Waals surface area contributed by atoms with Crippen LogP contribution in [0.25, 0.3) is 0 Å². The van der Waals surface area contributed by atoms with E-state index in [1.165, 1.54) is 36.5 Å². The van der Waals surface area contributed by atoms with Crippen LogP contribution in [0.15, 0.2) is 36.5 Å². The molecule has 2 atom stereocenters. The van der Waals surface area contributed by atoms with E-state index in [2.05, 4.69) is 44.8 Å². The molecule has 3 heterocycles. The van der Waals surface area contributed by atoms with Crippen molar-refractivity contribution in [3.8, 4) is 0 Å². The van der Waals surface area contributed by atoms with Crippen molar-refractivity contribution in [3.05, 3.63) is 47.0 Å². The van der Waals surface area contributed by atoms with Crippen molar-refractivity contribution in [2.75, 3.05) is 19.6 Å². The monoisotopic (exact) mass is 342 g/mol. The zero-order valence-electron chi connectivity index (χ0n) is 13.7. The standard InChI is InChI=1S/C18H22N4OS/c23-18(17-11-19-20-24-17)22-10-8-16-15(13-22)7-4-9-21(16)12-14-5-2-1-3-6-14/h1-3,5-6,11,15-16H,4,7-10,12-13H2. The summed E-state index contributed by atoms with van der Waals surface area (Å²) in [7, 11) is 0. The lowest BCUT2D eigenvalue weighted by Crippen LogP contribution is -2.54. The van der Waals surface area contributed by atoms with E-state index in [0.29, 0.717) is 16.8 Å². The van der Waals surface area contributed by atoms with Gasteiger partial charge in [-0.3, -0.25) is 9.69 Å². The molecule has 1 aromatic heterocycles. The molecule has 0 radical (unpaired) electrons. The largest absolute Gasteiger partial charge is 0.337 e. The van der Waals surface area contributed by atoms with Crippen molar-refractivity contribution in [2.24, 2.45) is 5.92 Å². The van der Waals surface area contributed by atoms with Gasteiger partial charge in [0.05, 0.1) is 6.20 Å². The second kappa shape index (κ2) is 6.99. The average molecular weight is 342 g/mol. The van der Waals surface area contributed by atoms with Crippen molar-refractivity contribution >= 4 is 17.4 Å². The zero-order valence-corrected chi connectivity index (χ0v) is 14.5. The van der Waals surface area contributed by atoms with Gasteiger partial charge in [0.2, 0.25) is 0 Å². The third kappa shape index (κ3) is 3.21. The Morgan fingerprint density at radius 3 is 2.88 bits per heavy atom. The number of aromatic nitrogens is 2. The van der Waals surface area contributed by atoms with Gasteiger partial charge >= 0.3 is 0 Å². The summed E-state index contributed by atoms with van der Waals surface area (Å²) in [6.07, 6.45) is 5.09. The predicted molar refractivity (Wildman–Crippen MR) is 93.8 cm³/mol. The summed E-state index contributed by atoms with van der Waals surface area (Å²) < 4.78 is 3.81. The molecule has 2 fully saturated rings. The smallest absolute Gasteiger partial charge is 0.267 e. The van der Waals surface area contributed by atoms with Crippen molar-refractivity contribution in [3.63, 3.8) is 0 Å². The molecule has 6 heteroatoms. The molecule has 2 aromatic rings. The molecular formula is C18H22N4OS. The first kappa shape index (κ1) is 15.7. The van der Waals surface area contributed by atoms with Crippen molar-refractivity contribution in [2.45, 2.75) is 31.8 Å². The molecule has 2 saturated heterocycles. The van der Waals surface area contributed by atoms with Crippen LogP contribution < -0.4 is 0 Å². The van der Waals surface area contributed by atoms with Crippen LogP contribution in [0.4, 0.5) is 0 Å². The average Bonchev–Trinajstić information content (AvgIpc) is 3.16. The fraction of sp³-hybridized carbons (Fsp3) is 0.500. The maximum atomic E-state index is 12.6. The molecule has 4 rings (SSSR count). The van der Waals surface area contributed by atoms with Gasteiger partial charge in [0.15, 0.2) is 0 Å². The highest BCUT2D eigenvalue weighted by atomic mass is 32.1. The molecule has 24 heavy (non-hydrogen) atoms. The Balaban J connectivity index is 1.42. The minimum atomic E-state index is 0.101. The number of benzene rings is 1. The zero-order chi connectivity index (χ0) is 16.4. The van der Waals surface area contributed by atoms with E-state index in [4.69, 9.17) is 0 Å². The van der Waals surface area contributed by atoms with Gasteiger partial charge in [-0.2, -0.15) is 0 Å². The van der Waals surface area contributed by atoms with Crippen LogP contribution in [0.2, 0.25) is 0 Å². The Hall–Kier alpha value is -1.79. The number of piperidine rings is 2. The minimum absolute atomic E-state index is 0.101. The number of hydrogen-bond donors (Lipinski definition) is 0. The van der Waals surface area contributed by atoms with E-state index in [0.717, 1.165) is 26.1 Å². The minimum Gasteiger partial charge on any atom is -0.337 e. The Morgan fingerprint density at radius 2 is 2.08 bits per heavy atom. The maximum absolute atomic E-state index is 12.6. The first-order valence-electron chi connectivity index (χ1n) is 8.66. The van der Waals surface area contributed by atoms with E-state index in [-0.39, 0.29) is 5.91 Å². The fourth-order valence-electron chi connectivity index (χ4n) is 4.12. The highest BCUT2D eigenvalue weighted by Gasteiger charge is 2.37. The first-order valence-corrected chi connectivity index (χ1v) is 9.43. The van der Waals surface area contributed by atoms with E-state index in [9.17, 15) is 4.79 Å². The lowest BCUT2D eigenvalue weighted by atomic mass is 9.83. The Bertz CT molecular complexity index is 676. The summed E-state index contributed by atoms with van der Waals surface area (Å²) >= 11 is 1.19. The summed E-state index contributed by atoms with van der Waals surface area (Å²) in [4.78, 5) is 17.8. The number of amides is 1. The van der Waals surface area contributed by atoms with Crippen LogP contribution in [0, 0.1) is 5.92 Å². The van der Waals surface area contributed by atoms with Crippen molar-refractivity contribution in [1.29, 1.82) is 0 Å². The molecule has 1 amide bonds. The van der Waals surface area contributed by atoms with Crippen LogP contribution in [0.1, 0.15) is 34.5 Å². The Kier molecular flexibility index (Phi) is 4.58. The van der Waals surface area contributed by atoms with E-state index in [1.54, 1.807) is 6.20 Å². The predicted octanol–water partition coefficient (Wildman–Crippen LogP) is 2.66. The van der Waals surface area contributed by atoms with E-state index >= 15 is 0 Å². The fourth-order valence-corrected chi connectivity index (χ4v) is 4.61. The maximum Gasteiger partial charge on any atom is 0.267 e. The number of rotatable bonds is 3. The molecule has 0 N–H and O–H groups in total. The second-order valence-corrected chi connectivity index (χ2v) is 7.53. The molecule has 0 spiro atoms. The number of carbonyl (C=O) groups is 1. The van der Waals surface area contributed by atoms with Gasteiger partial charge in [-0.25, -0.2) is 0 Å². The van der Waals surface area contributed by atoms with E-state index < -0.39 is 0 Å². The second-order valence-electron chi connectivity index (χ2n) is 6.75. The SMILES string of the molecule is O=C(c1cnns1)N1CCC2C(CCCN2Cc2ccccc2)C1. The quantitative estimate of drug-likeness (QED) is 0.860. The molecule has 1 aromatic carbocycles. The lowest BCUT2D eigenvalue weighted by molar-refractivity contribution is 0.0177. The van der Waals surface area contributed by atoms with Gasteiger partial charge in [-0.15, -0.1) is 5.10 Å². The van der Waals surface area contributed by atoms with Gasteiger partial charge < -0.3 is 4.90 Å². The van der Waals surface area contributed by atoms with Gasteiger partial charge in [0.1, 0.15) is 4.88 Å². The molecule has 5 nitrogen and oxygen atoms in total. The molecule has 0 saturated carbocycles. The number of carbonyl (C=O) groups excluding carboxylic acids is 1. The van der Waals surface area contributed by atoms with E-state index in [1.807, 2.05) is 4.90 Å². The van der Waals surface area contributed by atoms with Gasteiger partial charge in [0, 0.05) is 25.7 Å². The number of nitrogens with zero attached hydrogens (tertiary/aromatic N) is 4. The molecular weight excluding hydrogens is 320 g/mol. The molecule has 0 bridgehead atoms. The summed E-state index contributed by atoms with van der Waals surface area (Å²) in [5, 5.41) is 3.79. The van der Waals surface area contributed by atoms with Crippen LogP contribution in [-0.2, 0) is 6.54 Å². The van der Waals surface area contributed by atoms with Gasteiger partial charge in [0.25, 0.3) is 5.91 Å². The Morgan fingerprint density at radius 1 is 1.21 bits per heavy atom. The normalized spacial score (nSPS) is 24.6. The van der Waals surface area contributed by atoms with Crippen molar-refractivity contribution in [1.82, 2.24) is 19.4 Å². The Labute approximate surface area is 146 Å². The number of likely N-dealkylation sites (tertiary alicyclic amines) is 2. The summed E-state index contributed by atoms with van der Waals surface area (Å²) in [6.45, 7) is 3.90. The number of fused-ring (bicyclic) bond motifs is 1. The lowest BCUT2D eigenvalue weighted by Gasteiger charge is -2.47. The highest BCUT2D eigenvalue weighted by molar-refractivity contribution is 7.07. The third-order valence-corrected chi connectivity index (χ3v) is 5.92. The molecule has 126 valence electrons. The molecule has 2 aliphatic heterocycles. The van der Waals surface area contributed by atoms with Crippen LogP contribution >= 0.6 is 11.5 Å².